The molecule has 3 rings (SSSR count). The Kier molecular flexibility index (Phi) is 5.69. The molecule has 0 aliphatic carbocycles. The quantitative estimate of drug-likeness (QED) is 0.851. The molecule has 128 valence electrons. The maximum Gasteiger partial charge on any atom is 0.237 e. The fourth-order valence-corrected chi connectivity index (χ4v) is 4.32. The normalized spacial score (nSPS) is 22.3. The first-order chi connectivity index (χ1) is 11.1. The number of fused-ring (bicyclic) bond motifs is 1. The van der Waals surface area contributed by atoms with Crippen LogP contribution in [0.15, 0.2) is 11.4 Å². The second-order valence-corrected chi connectivity index (χ2v) is 7.66. The number of hydrogen-bond donors (Lipinski definition) is 2. The molecule has 2 unspecified atom stereocenters. The van der Waals surface area contributed by atoms with E-state index in [0.29, 0.717) is 12.6 Å². The Labute approximate surface area is 142 Å². The number of thiophene rings is 1. The van der Waals surface area contributed by atoms with Crippen molar-refractivity contribution in [3.8, 4) is 0 Å². The van der Waals surface area contributed by atoms with E-state index in [0.717, 1.165) is 45.6 Å². The van der Waals surface area contributed by atoms with E-state index in [1.807, 2.05) is 11.3 Å². The zero-order chi connectivity index (χ0) is 16.2. The van der Waals surface area contributed by atoms with Gasteiger partial charge in [0.2, 0.25) is 5.91 Å². The Balaban J connectivity index is 1.45. The minimum Gasteiger partial charge on any atom is -0.381 e. The van der Waals surface area contributed by atoms with Crippen LogP contribution in [0.3, 0.4) is 0 Å². The zero-order valence-corrected chi connectivity index (χ0v) is 14.6. The predicted molar refractivity (Wildman–Crippen MR) is 92.4 cm³/mol. The van der Waals surface area contributed by atoms with Gasteiger partial charge in [-0.05, 0) is 49.1 Å². The van der Waals surface area contributed by atoms with Gasteiger partial charge in [0.1, 0.15) is 0 Å². The second-order valence-electron chi connectivity index (χ2n) is 6.66. The lowest BCUT2D eigenvalue weighted by molar-refractivity contribution is -0.124. The first-order valence-corrected chi connectivity index (χ1v) is 9.43. The van der Waals surface area contributed by atoms with Crippen LogP contribution in [0.2, 0.25) is 0 Å². The summed E-state index contributed by atoms with van der Waals surface area (Å²) < 4.78 is 5.34. The number of carbonyl (C=O) groups excluding carboxylic acids is 1. The predicted octanol–water partition coefficient (Wildman–Crippen LogP) is 1.36. The zero-order valence-electron chi connectivity index (χ0n) is 13.8. The van der Waals surface area contributed by atoms with E-state index < -0.39 is 6.04 Å². The molecule has 1 fully saturated rings. The summed E-state index contributed by atoms with van der Waals surface area (Å²) in [6, 6.07) is 2.14. The SMILES string of the molecule is CC(CNC(=O)C(N)C1CCOCC1)N1CCc2sccc2C1. The van der Waals surface area contributed by atoms with Crippen molar-refractivity contribution in [2.45, 2.75) is 44.8 Å². The van der Waals surface area contributed by atoms with E-state index in [9.17, 15) is 4.79 Å². The van der Waals surface area contributed by atoms with Gasteiger partial charge in [-0.15, -0.1) is 11.3 Å². The van der Waals surface area contributed by atoms with Gasteiger partial charge in [0.15, 0.2) is 0 Å². The molecule has 1 amide bonds. The minimum atomic E-state index is -0.407. The topological polar surface area (TPSA) is 67.6 Å². The van der Waals surface area contributed by atoms with Crippen molar-refractivity contribution >= 4 is 17.2 Å². The molecule has 0 spiro atoms. The van der Waals surface area contributed by atoms with Crippen molar-refractivity contribution in [2.24, 2.45) is 11.7 Å². The molecule has 0 saturated carbocycles. The van der Waals surface area contributed by atoms with Crippen LogP contribution in [-0.2, 0) is 22.5 Å². The average Bonchev–Trinajstić information content (AvgIpc) is 3.07. The van der Waals surface area contributed by atoms with Crippen LogP contribution in [0.5, 0.6) is 0 Å². The lowest BCUT2D eigenvalue weighted by atomic mass is 9.92. The Morgan fingerprint density at radius 2 is 2.30 bits per heavy atom. The molecule has 1 aromatic rings. The van der Waals surface area contributed by atoms with Crippen molar-refractivity contribution in [2.75, 3.05) is 26.3 Å². The summed E-state index contributed by atoms with van der Waals surface area (Å²) in [5, 5.41) is 5.22. The number of amides is 1. The fraction of sp³-hybridized carbons (Fsp3) is 0.706. The highest BCUT2D eigenvalue weighted by molar-refractivity contribution is 7.10. The number of nitrogens with two attached hydrogens (primary N) is 1. The third-order valence-corrected chi connectivity index (χ3v) is 6.13. The highest BCUT2D eigenvalue weighted by Gasteiger charge is 2.27. The molecule has 23 heavy (non-hydrogen) atoms. The molecule has 2 aliphatic rings. The Morgan fingerprint density at radius 3 is 3.09 bits per heavy atom. The molecule has 0 radical (unpaired) electrons. The molecule has 2 atom stereocenters. The van der Waals surface area contributed by atoms with Crippen LogP contribution >= 0.6 is 11.3 Å². The molecule has 3 heterocycles. The third kappa shape index (κ3) is 4.12. The molecule has 1 saturated heterocycles. The van der Waals surface area contributed by atoms with Gasteiger partial charge >= 0.3 is 0 Å². The maximum absolute atomic E-state index is 12.3. The van der Waals surface area contributed by atoms with Gasteiger partial charge < -0.3 is 15.8 Å². The van der Waals surface area contributed by atoms with Crippen molar-refractivity contribution in [3.63, 3.8) is 0 Å². The molecule has 3 N–H and O–H groups in total. The number of ether oxygens (including phenoxy) is 1. The standard InChI is InChI=1S/C17H27N3O2S/c1-12(20-6-2-15-14(11-20)5-9-23-15)10-19-17(21)16(18)13-3-7-22-8-4-13/h5,9,12-13,16H,2-4,6-8,10-11,18H2,1H3,(H,19,21). The largest absolute Gasteiger partial charge is 0.381 e. The highest BCUT2D eigenvalue weighted by atomic mass is 32.1. The third-order valence-electron chi connectivity index (χ3n) is 5.11. The number of carbonyl (C=O) groups is 1. The summed E-state index contributed by atoms with van der Waals surface area (Å²) in [6.07, 6.45) is 2.89. The summed E-state index contributed by atoms with van der Waals surface area (Å²) in [6.45, 7) is 6.34. The Bertz CT molecular complexity index is 528. The lowest BCUT2D eigenvalue weighted by Gasteiger charge is -2.33. The van der Waals surface area contributed by atoms with Gasteiger partial charge in [-0.3, -0.25) is 9.69 Å². The summed E-state index contributed by atoms with van der Waals surface area (Å²) in [5.74, 6) is 0.236. The van der Waals surface area contributed by atoms with E-state index >= 15 is 0 Å². The smallest absolute Gasteiger partial charge is 0.237 e. The molecular formula is C17H27N3O2S. The van der Waals surface area contributed by atoms with Crippen LogP contribution in [-0.4, -0.2) is 49.2 Å². The number of hydrogen-bond acceptors (Lipinski definition) is 5. The Hall–Kier alpha value is -0.950. The van der Waals surface area contributed by atoms with Crippen molar-refractivity contribution in [3.05, 3.63) is 21.9 Å². The molecule has 6 heteroatoms. The summed E-state index contributed by atoms with van der Waals surface area (Å²) in [7, 11) is 0. The molecule has 5 nitrogen and oxygen atoms in total. The highest BCUT2D eigenvalue weighted by Crippen LogP contribution is 2.25. The van der Waals surface area contributed by atoms with E-state index in [-0.39, 0.29) is 11.8 Å². The average molecular weight is 337 g/mol. The van der Waals surface area contributed by atoms with Crippen molar-refractivity contribution in [1.82, 2.24) is 10.2 Å². The van der Waals surface area contributed by atoms with Crippen LogP contribution in [0.1, 0.15) is 30.2 Å². The molecule has 1 aromatic heterocycles. The molecule has 2 aliphatic heterocycles. The summed E-state index contributed by atoms with van der Waals surface area (Å²) in [4.78, 5) is 16.2. The van der Waals surface area contributed by atoms with Crippen molar-refractivity contribution < 1.29 is 9.53 Å². The van der Waals surface area contributed by atoms with E-state index in [1.165, 1.54) is 10.4 Å². The summed E-state index contributed by atoms with van der Waals surface area (Å²) >= 11 is 1.85. The number of nitrogens with zero attached hydrogens (tertiary/aromatic N) is 1. The van der Waals surface area contributed by atoms with E-state index in [1.54, 1.807) is 0 Å². The van der Waals surface area contributed by atoms with Crippen LogP contribution in [0, 0.1) is 5.92 Å². The van der Waals surface area contributed by atoms with Gasteiger partial charge in [-0.1, -0.05) is 0 Å². The van der Waals surface area contributed by atoms with Gasteiger partial charge in [0.25, 0.3) is 0 Å². The first kappa shape index (κ1) is 16.9. The lowest BCUT2D eigenvalue weighted by Crippen LogP contribution is -2.51. The number of rotatable bonds is 5. The maximum atomic E-state index is 12.3. The van der Waals surface area contributed by atoms with E-state index in [4.69, 9.17) is 10.5 Å². The van der Waals surface area contributed by atoms with Crippen LogP contribution < -0.4 is 11.1 Å². The Morgan fingerprint density at radius 1 is 1.52 bits per heavy atom. The molecular weight excluding hydrogens is 310 g/mol. The minimum absolute atomic E-state index is 0.0167. The second kappa shape index (κ2) is 7.75. The van der Waals surface area contributed by atoms with Crippen LogP contribution in [0.25, 0.3) is 0 Å². The van der Waals surface area contributed by atoms with Gasteiger partial charge in [-0.25, -0.2) is 0 Å². The monoisotopic (exact) mass is 337 g/mol. The van der Waals surface area contributed by atoms with Crippen LogP contribution in [0.4, 0.5) is 0 Å². The fourth-order valence-electron chi connectivity index (χ4n) is 3.43. The number of nitrogens with one attached hydrogen (secondary N) is 1. The molecule has 0 bridgehead atoms. The first-order valence-electron chi connectivity index (χ1n) is 8.55. The summed E-state index contributed by atoms with van der Waals surface area (Å²) in [5.41, 5.74) is 7.57. The van der Waals surface area contributed by atoms with E-state index in [2.05, 4.69) is 28.6 Å². The van der Waals surface area contributed by atoms with Gasteiger partial charge in [0, 0.05) is 43.8 Å². The van der Waals surface area contributed by atoms with Crippen molar-refractivity contribution in [1.29, 1.82) is 0 Å². The van der Waals surface area contributed by atoms with Gasteiger partial charge in [0.05, 0.1) is 6.04 Å². The van der Waals surface area contributed by atoms with Gasteiger partial charge in [-0.2, -0.15) is 0 Å². The molecule has 0 aromatic carbocycles.